The topological polar surface area (TPSA) is 72.5 Å². The average Bonchev–Trinajstić information content (AvgIpc) is 2.82. The van der Waals surface area contributed by atoms with Gasteiger partial charge in [-0.2, -0.15) is 0 Å². The van der Waals surface area contributed by atoms with Crippen molar-refractivity contribution in [2.75, 3.05) is 6.61 Å². The number of ketones is 1. The van der Waals surface area contributed by atoms with Crippen LogP contribution in [0.15, 0.2) is 84.9 Å². The van der Waals surface area contributed by atoms with Gasteiger partial charge in [-0.05, 0) is 28.7 Å². The molecule has 170 valence electrons. The van der Waals surface area contributed by atoms with Crippen molar-refractivity contribution in [3.63, 3.8) is 0 Å². The van der Waals surface area contributed by atoms with E-state index in [1.54, 1.807) is 36.4 Å². The van der Waals surface area contributed by atoms with Crippen LogP contribution in [-0.2, 0) is 21.4 Å². The second-order valence-corrected chi connectivity index (χ2v) is 8.94. The SMILES string of the molecule is CC(C)(C)c1ccc(C(=O)N[C@@H](Cc2ccccc2)C(=O)OCC(=O)c2ccccc2)cc1. The van der Waals surface area contributed by atoms with Crippen molar-refractivity contribution in [3.8, 4) is 0 Å². The number of benzene rings is 3. The molecular weight excluding hydrogens is 414 g/mol. The maximum absolute atomic E-state index is 12.9. The van der Waals surface area contributed by atoms with Crippen LogP contribution < -0.4 is 5.32 Å². The van der Waals surface area contributed by atoms with Crippen molar-refractivity contribution in [1.82, 2.24) is 5.32 Å². The zero-order valence-electron chi connectivity index (χ0n) is 19.2. The van der Waals surface area contributed by atoms with Gasteiger partial charge in [-0.3, -0.25) is 9.59 Å². The van der Waals surface area contributed by atoms with Gasteiger partial charge in [0.05, 0.1) is 0 Å². The molecule has 3 aromatic carbocycles. The third-order valence-electron chi connectivity index (χ3n) is 5.33. The Labute approximate surface area is 194 Å². The van der Waals surface area contributed by atoms with E-state index in [1.807, 2.05) is 48.5 Å². The maximum Gasteiger partial charge on any atom is 0.329 e. The molecule has 0 saturated heterocycles. The molecule has 33 heavy (non-hydrogen) atoms. The van der Waals surface area contributed by atoms with Crippen LogP contribution in [0.1, 0.15) is 52.6 Å². The first kappa shape index (κ1) is 23.9. The minimum atomic E-state index is -0.925. The molecule has 0 bridgehead atoms. The molecule has 0 heterocycles. The summed E-state index contributed by atoms with van der Waals surface area (Å²) in [6.07, 6.45) is 0.255. The quantitative estimate of drug-likeness (QED) is 0.403. The van der Waals surface area contributed by atoms with Crippen molar-refractivity contribution in [2.45, 2.75) is 38.6 Å². The monoisotopic (exact) mass is 443 g/mol. The second-order valence-electron chi connectivity index (χ2n) is 8.94. The average molecular weight is 444 g/mol. The van der Waals surface area contributed by atoms with E-state index in [2.05, 4.69) is 26.1 Å². The molecule has 0 aliphatic carbocycles. The Bertz CT molecular complexity index is 1080. The molecule has 3 aromatic rings. The van der Waals surface area contributed by atoms with Crippen LogP contribution in [-0.4, -0.2) is 30.3 Å². The van der Waals surface area contributed by atoms with Gasteiger partial charge in [0.25, 0.3) is 5.91 Å². The fraction of sp³-hybridized carbons (Fsp3) is 0.250. The van der Waals surface area contributed by atoms with Crippen LogP contribution in [0, 0.1) is 0 Å². The number of carbonyl (C=O) groups is 3. The second kappa shape index (κ2) is 10.7. The van der Waals surface area contributed by atoms with Gasteiger partial charge < -0.3 is 10.1 Å². The first-order valence-corrected chi connectivity index (χ1v) is 10.9. The van der Waals surface area contributed by atoms with Gasteiger partial charge in [0.1, 0.15) is 6.04 Å². The molecule has 0 unspecified atom stereocenters. The Hall–Kier alpha value is -3.73. The first-order chi connectivity index (χ1) is 15.7. The van der Waals surface area contributed by atoms with Crippen molar-refractivity contribution in [2.24, 2.45) is 0 Å². The summed E-state index contributed by atoms with van der Waals surface area (Å²) in [7, 11) is 0. The lowest BCUT2D eigenvalue weighted by molar-refractivity contribution is -0.144. The van der Waals surface area contributed by atoms with Gasteiger partial charge >= 0.3 is 5.97 Å². The van der Waals surface area contributed by atoms with Crippen molar-refractivity contribution < 1.29 is 19.1 Å². The highest BCUT2D eigenvalue weighted by Gasteiger charge is 2.25. The molecule has 0 aromatic heterocycles. The number of hydrogen-bond donors (Lipinski definition) is 1. The van der Waals surface area contributed by atoms with Crippen LogP contribution in [0.25, 0.3) is 0 Å². The van der Waals surface area contributed by atoms with E-state index in [0.29, 0.717) is 11.1 Å². The summed E-state index contributed by atoms with van der Waals surface area (Å²) in [5.41, 5.74) is 2.87. The predicted octanol–water partition coefficient (Wildman–Crippen LogP) is 4.75. The third-order valence-corrected chi connectivity index (χ3v) is 5.33. The lowest BCUT2D eigenvalue weighted by atomic mass is 9.86. The highest BCUT2D eigenvalue weighted by molar-refractivity contribution is 5.99. The van der Waals surface area contributed by atoms with E-state index in [1.165, 1.54) is 0 Å². The summed E-state index contributed by atoms with van der Waals surface area (Å²) >= 11 is 0. The molecule has 0 radical (unpaired) electrons. The highest BCUT2D eigenvalue weighted by atomic mass is 16.5. The Kier molecular flexibility index (Phi) is 7.78. The molecule has 3 rings (SSSR count). The number of amides is 1. The third kappa shape index (κ3) is 6.88. The largest absolute Gasteiger partial charge is 0.456 e. The Morgan fingerprint density at radius 2 is 1.36 bits per heavy atom. The fourth-order valence-electron chi connectivity index (χ4n) is 3.35. The molecule has 0 aliphatic heterocycles. The van der Waals surface area contributed by atoms with Crippen molar-refractivity contribution in [1.29, 1.82) is 0 Å². The zero-order valence-corrected chi connectivity index (χ0v) is 19.2. The molecule has 1 N–H and O–H groups in total. The molecule has 0 spiro atoms. The van der Waals surface area contributed by atoms with Gasteiger partial charge in [-0.1, -0.05) is 93.6 Å². The molecule has 5 heteroatoms. The van der Waals surface area contributed by atoms with E-state index in [-0.39, 0.29) is 30.1 Å². The van der Waals surface area contributed by atoms with E-state index in [4.69, 9.17) is 4.74 Å². The van der Waals surface area contributed by atoms with E-state index >= 15 is 0 Å². The summed E-state index contributed by atoms with van der Waals surface area (Å²) in [4.78, 5) is 38.1. The number of hydrogen-bond acceptors (Lipinski definition) is 4. The fourth-order valence-corrected chi connectivity index (χ4v) is 3.35. The number of Topliss-reactive ketones (excluding diaryl/α,β-unsaturated/α-hetero) is 1. The van der Waals surface area contributed by atoms with Crippen molar-refractivity contribution >= 4 is 17.7 Å². The van der Waals surface area contributed by atoms with Gasteiger partial charge in [0, 0.05) is 17.5 Å². The summed E-state index contributed by atoms with van der Waals surface area (Å²) in [6, 6.07) is 24.4. The minimum absolute atomic E-state index is 0.0278. The molecular formula is C28H29NO4. The summed E-state index contributed by atoms with van der Waals surface area (Å²) in [6.45, 7) is 5.92. The van der Waals surface area contributed by atoms with E-state index in [0.717, 1.165) is 11.1 Å². The zero-order chi connectivity index (χ0) is 23.8. The molecule has 5 nitrogen and oxygen atoms in total. The van der Waals surface area contributed by atoms with E-state index in [9.17, 15) is 14.4 Å². The number of esters is 1. The van der Waals surface area contributed by atoms with Gasteiger partial charge in [0.2, 0.25) is 0 Å². The van der Waals surface area contributed by atoms with Crippen molar-refractivity contribution in [3.05, 3.63) is 107 Å². The Balaban J connectivity index is 1.71. The van der Waals surface area contributed by atoms with Crippen LogP contribution in [0.2, 0.25) is 0 Å². The van der Waals surface area contributed by atoms with Gasteiger partial charge in [0.15, 0.2) is 12.4 Å². The molecule has 1 amide bonds. The minimum Gasteiger partial charge on any atom is -0.456 e. The highest BCUT2D eigenvalue weighted by Crippen LogP contribution is 2.22. The number of rotatable bonds is 8. The Morgan fingerprint density at radius 1 is 0.788 bits per heavy atom. The smallest absolute Gasteiger partial charge is 0.329 e. The molecule has 0 fully saturated rings. The van der Waals surface area contributed by atoms with Crippen LogP contribution in [0.5, 0.6) is 0 Å². The van der Waals surface area contributed by atoms with Gasteiger partial charge in [-0.25, -0.2) is 4.79 Å². The number of carbonyl (C=O) groups excluding carboxylic acids is 3. The lowest BCUT2D eigenvalue weighted by Gasteiger charge is -2.20. The van der Waals surface area contributed by atoms with Crippen LogP contribution >= 0.6 is 0 Å². The first-order valence-electron chi connectivity index (χ1n) is 10.9. The number of nitrogens with one attached hydrogen (secondary N) is 1. The standard InChI is InChI=1S/C28H29NO4/c1-28(2,3)23-16-14-22(15-17-23)26(31)29-24(18-20-10-6-4-7-11-20)27(32)33-19-25(30)21-12-8-5-9-13-21/h4-17,24H,18-19H2,1-3H3,(H,29,31)/t24-/m0/s1. The van der Waals surface area contributed by atoms with E-state index < -0.39 is 12.0 Å². The maximum atomic E-state index is 12.9. The van der Waals surface area contributed by atoms with Gasteiger partial charge in [-0.15, -0.1) is 0 Å². The van der Waals surface area contributed by atoms with Crippen LogP contribution in [0.4, 0.5) is 0 Å². The molecule has 0 saturated carbocycles. The summed E-state index contributed by atoms with van der Waals surface area (Å²) in [5.74, 6) is -1.32. The Morgan fingerprint density at radius 3 is 1.94 bits per heavy atom. The predicted molar refractivity (Wildman–Crippen MR) is 128 cm³/mol. The summed E-state index contributed by atoms with van der Waals surface area (Å²) < 4.78 is 5.29. The number of ether oxygens (including phenoxy) is 1. The summed E-state index contributed by atoms with van der Waals surface area (Å²) in [5, 5.41) is 2.78. The lowest BCUT2D eigenvalue weighted by Crippen LogP contribution is -2.43. The molecule has 0 aliphatic rings. The normalized spacial score (nSPS) is 12.0. The van der Waals surface area contributed by atoms with Crippen LogP contribution in [0.3, 0.4) is 0 Å². The molecule has 1 atom stereocenters.